The third-order valence-corrected chi connectivity index (χ3v) is 12.1. The second kappa shape index (κ2) is 58.1. The van der Waals surface area contributed by atoms with Crippen LogP contribution in [0.1, 0.15) is 265 Å². The Bertz CT molecular complexity index is 1300. The highest BCUT2D eigenvalue weighted by Gasteiger charge is 2.17. The van der Waals surface area contributed by atoms with Crippen LogP contribution in [-0.2, 0) is 23.8 Å². The van der Waals surface area contributed by atoms with Crippen molar-refractivity contribution in [2.45, 2.75) is 271 Å². The Balaban J connectivity index is 4.39. The van der Waals surface area contributed by atoms with Crippen LogP contribution in [-0.4, -0.2) is 37.9 Å². The molecule has 0 aliphatic rings. The molecule has 0 N–H and O–H groups in total. The molecule has 390 valence electrons. The van der Waals surface area contributed by atoms with Gasteiger partial charge in [-0.1, -0.05) is 246 Å². The Kier molecular flexibility index (Phi) is 55.4. The molecule has 0 aliphatic heterocycles. The summed E-state index contributed by atoms with van der Waals surface area (Å²) in [6, 6.07) is 0. The van der Waals surface area contributed by atoms with Crippen molar-refractivity contribution in [3.05, 3.63) is 97.2 Å². The van der Waals surface area contributed by atoms with E-state index in [2.05, 4.69) is 118 Å². The van der Waals surface area contributed by atoms with E-state index in [9.17, 15) is 9.59 Å². The van der Waals surface area contributed by atoms with Crippen molar-refractivity contribution in [1.29, 1.82) is 0 Å². The van der Waals surface area contributed by atoms with Gasteiger partial charge in [0.15, 0.2) is 6.10 Å². The summed E-state index contributed by atoms with van der Waals surface area (Å²) in [5.74, 6) is -0.456. The van der Waals surface area contributed by atoms with E-state index in [0.717, 1.165) is 116 Å². The van der Waals surface area contributed by atoms with Gasteiger partial charge < -0.3 is 14.2 Å². The van der Waals surface area contributed by atoms with E-state index in [4.69, 9.17) is 14.2 Å². The van der Waals surface area contributed by atoms with Gasteiger partial charge in [-0.15, -0.1) is 0 Å². The van der Waals surface area contributed by atoms with E-state index in [1.807, 2.05) is 0 Å². The van der Waals surface area contributed by atoms with Crippen molar-refractivity contribution in [2.24, 2.45) is 0 Å². The molecule has 0 rings (SSSR count). The highest BCUT2D eigenvalue weighted by molar-refractivity contribution is 5.70. The lowest BCUT2D eigenvalue weighted by Gasteiger charge is -2.18. The quantitative estimate of drug-likeness (QED) is 0.0345. The number of esters is 2. The van der Waals surface area contributed by atoms with Crippen molar-refractivity contribution < 1.29 is 23.8 Å². The first kappa shape index (κ1) is 64.8. The molecule has 0 saturated heterocycles. The summed E-state index contributed by atoms with van der Waals surface area (Å²) in [6.45, 7) is 7.65. The van der Waals surface area contributed by atoms with E-state index in [1.165, 1.54) is 116 Å². The van der Waals surface area contributed by atoms with Gasteiger partial charge in [0.05, 0.1) is 6.61 Å². The van der Waals surface area contributed by atoms with E-state index in [-0.39, 0.29) is 25.2 Å². The first-order valence-corrected chi connectivity index (χ1v) is 28.8. The molecule has 0 heterocycles. The number of ether oxygens (including phenoxy) is 3. The molecule has 0 aromatic carbocycles. The predicted molar refractivity (Wildman–Crippen MR) is 297 cm³/mol. The van der Waals surface area contributed by atoms with Crippen LogP contribution in [0.25, 0.3) is 0 Å². The lowest BCUT2D eigenvalue weighted by Crippen LogP contribution is -2.30. The molecule has 0 radical (unpaired) electrons. The van der Waals surface area contributed by atoms with Crippen LogP contribution in [0.5, 0.6) is 0 Å². The number of rotatable bonds is 52. The molecule has 5 nitrogen and oxygen atoms in total. The van der Waals surface area contributed by atoms with Crippen LogP contribution in [0.2, 0.25) is 0 Å². The fourth-order valence-electron chi connectivity index (χ4n) is 7.84. The Morgan fingerprint density at radius 1 is 0.338 bits per heavy atom. The predicted octanol–water partition coefficient (Wildman–Crippen LogP) is 19.8. The standard InChI is InChI=1S/C63H108O5/c1-4-7-10-13-16-19-22-25-28-31-32-34-36-39-42-45-48-51-54-57-63(65)68-61(59-66-58-55-52-49-46-43-40-37-30-27-24-21-18-15-12-9-6-3)60-67-62(64)56-53-50-47-44-41-38-35-33-29-26-23-20-17-14-11-8-5-2/h8,11,16-17,19-20,25-26,28-29,32,34-35,38-39,42,61H,4-7,9-10,12-15,18,21-24,27,30-31,33,36-37,40-41,43-60H2,1-3H3/b11-8-,19-16-,20-17-,28-25-,29-26-,34-32-,38-35-,42-39-/t61-/m1/s1. The monoisotopic (exact) mass is 945 g/mol. The van der Waals surface area contributed by atoms with Gasteiger partial charge in [-0.3, -0.25) is 9.59 Å². The molecule has 0 aromatic heterocycles. The molecular formula is C63H108O5. The molecule has 0 unspecified atom stereocenters. The van der Waals surface area contributed by atoms with Gasteiger partial charge in [-0.2, -0.15) is 0 Å². The fourth-order valence-corrected chi connectivity index (χ4v) is 7.84. The van der Waals surface area contributed by atoms with Gasteiger partial charge in [0.25, 0.3) is 0 Å². The van der Waals surface area contributed by atoms with E-state index >= 15 is 0 Å². The largest absolute Gasteiger partial charge is 0.462 e. The van der Waals surface area contributed by atoms with Crippen molar-refractivity contribution in [2.75, 3.05) is 19.8 Å². The molecule has 5 heteroatoms. The second-order valence-electron chi connectivity index (χ2n) is 18.8. The van der Waals surface area contributed by atoms with Crippen molar-refractivity contribution in [3.8, 4) is 0 Å². The van der Waals surface area contributed by atoms with Crippen LogP contribution in [0, 0.1) is 0 Å². The zero-order valence-corrected chi connectivity index (χ0v) is 44.8. The smallest absolute Gasteiger partial charge is 0.306 e. The van der Waals surface area contributed by atoms with Gasteiger partial charge in [0.1, 0.15) is 6.61 Å². The van der Waals surface area contributed by atoms with Crippen LogP contribution in [0.3, 0.4) is 0 Å². The molecule has 1 atom stereocenters. The maximum Gasteiger partial charge on any atom is 0.306 e. The molecule has 0 spiro atoms. The number of hydrogen-bond acceptors (Lipinski definition) is 5. The highest BCUT2D eigenvalue weighted by Crippen LogP contribution is 2.15. The normalized spacial score (nSPS) is 12.9. The Morgan fingerprint density at radius 3 is 1.10 bits per heavy atom. The average molecular weight is 946 g/mol. The zero-order chi connectivity index (χ0) is 49.2. The first-order chi connectivity index (χ1) is 33.6. The van der Waals surface area contributed by atoms with Crippen molar-refractivity contribution in [3.63, 3.8) is 0 Å². The third-order valence-electron chi connectivity index (χ3n) is 12.1. The second-order valence-corrected chi connectivity index (χ2v) is 18.8. The minimum absolute atomic E-state index is 0.0570. The van der Waals surface area contributed by atoms with Gasteiger partial charge in [0.2, 0.25) is 0 Å². The summed E-state index contributed by atoms with van der Waals surface area (Å²) in [5, 5.41) is 0. The molecule has 0 saturated carbocycles. The van der Waals surface area contributed by atoms with Crippen LogP contribution in [0.4, 0.5) is 0 Å². The minimum atomic E-state index is -0.567. The Labute approximate surface area is 422 Å². The maximum absolute atomic E-state index is 12.9. The molecular weight excluding hydrogens is 837 g/mol. The van der Waals surface area contributed by atoms with Crippen molar-refractivity contribution >= 4 is 11.9 Å². The molecule has 68 heavy (non-hydrogen) atoms. The summed E-state index contributed by atoms with van der Waals surface area (Å²) in [7, 11) is 0. The fraction of sp³-hybridized carbons (Fsp3) is 0.714. The maximum atomic E-state index is 12.9. The topological polar surface area (TPSA) is 61.8 Å². The third kappa shape index (κ3) is 55.4. The molecule has 0 aromatic rings. The van der Waals surface area contributed by atoms with Gasteiger partial charge in [0, 0.05) is 19.4 Å². The van der Waals surface area contributed by atoms with Gasteiger partial charge in [-0.25, -0.2) is 0 Å². The summed E-state index contributed by atoms with van der Waals surface area (Å²) >= 11 is 0. The molecule has 0 aliphatic carbocycles. The molecule has 0 fully saturated rings. The Morgan fingerprint density at radius 2 is 0.662 bits per heavy atom. The van der Waals surface area contributed by atoms with E-state index in [0.29, 0.717) is 19.4 Å². The number of hydrogen-bond donors (Lipinski definition) is 0. The van der Waals surface area contributed by atoms with Crippen LogP contribution in [0.15, 0.2) is 97.2 Å². The lowest BCUT2D eigenvalue weighted by atomic mass is 10.0. The number of unbranched alkanes of at least 4 members (excludes halogenated alkanes) is 25. The van der Waals surface area contributed by atoms with E-state index in [1.54, 1.807) is 0 Å². The summed E-state index contributed by atoms with van der Waals surface area (Å²) in [6.07, 6.45) is 78.5. The van der Waals surface area contributed by atoms with Crippen LogP contribution < -0.4 is 0 Å². The SMILES string of the molecule is CC/C=C\C/C=C\C/C=C\C/C=C\CCCCCCC(=O)OC[C@@H](COCCCCCCCCCCCCCCCCCC)OC(=O)CCCCC/C=C\C/C=C\C/C=C\C/C=C\CCCCC. The van der Waals surface area contributed by atoms with Crippen LogP contribution >= 0.6 is 0 Å². The summed E-state index contributed by atoms with van der Waals surface area (Å²) < 4.78 is 17.4. The number of carbonyl (C=O) groups excluding carboxylic acids is 2. The van der Waals surface area contributed by atoms with Gasteiger partial charge >= 0.3 is 11.9 Å². The molecule has 0 bridgehead atoms. The van der Waals surface area contributed by atoms with Crippen molar-refractivity contribution in [1.82, 2.24) is 0 Å². The Hall–Kier alpha value is -3.18. The highest BCUT2D eigenvalue weighted by atomic mass is 16.6. The van der Waals surface area contributed by atoms with Gasteiger partial charge in [-0.05, 0) is 103 Å². The zero-order valence-electron chi connectivity index (χ0n) is 44.8. The lowest BCUT2D eigenvalue weighted by molar-refractivity contribution is -0.163. The first-order valence-electron chi connectivity index (χ1n) is 28.8. The summed E-state index contributed by atoms with van der Waals surface area (Å²) in [4.78, 5) is 25.5. The average Bonchev–Trinajstić information content (AvgIpc) is 3.34. The minimum Gasteiger partial charge on any atom is -0.462 e. The number of allylic oxidation sites excluding steroid dienone is 16. The van der Waals surface area contributed by atoms with E-state index < -0.39 is 6.10 Å². The molecule has 0 amide bonds. The summed E-state index contributed by atoms with van der Waals surface area (Å²) in [5.41, 5.74) is 0. The number of carbonyl (C=O) groups is 2.